The largest absolute Gasteiger partial charge is 0.316 e. The van der Waals surface area contributed by atoms with E-state index in [9.17, 15) is 0 Å². The van der Waals surface area contributed by atoms with Crippen molar-refractivity contribution >= 4 is 12.1 Å². The fourth-order valence-electron chi connectivity index (χ4n) is 1.10. The molecule has 1 N–H and O–H groups in total. The van der Waals surface area contributed by atoms with Gasteiger partial charge in [0.25, 0.3) is 0 Å². The van der Waals surface area contributed by atoms with Crippen LogP contribution in [0.15, 0.2) is 35.3 Å². The first-order valence-corrected chi connectivity index (χ1v) is 4.29. The summed E-state index contributed by atoms with van der Waals surface area (Å²) in [6.07, 6.45) is 4.99. The molecular formula is C8H4N4S. The van der Waals surface area contributed by atoms with Crippen LogP contribution in [-0.2, 0) is 0 Å². The van der Waals surface area contributed by atoms with E-state index in [0.717, 1.165) is 5.70 Å². The van der Waals surface area contributed by atoms with Crippen molar-refractivity contribution in [3.8, 4) is 12.1 Å². The molecule has 0 atom stereocenters. The molecule has 62 valence electrons. The second kappa shape index (κ2) is 2.89. The number of fused-ring (bicyclic) bond motifs is 1. The molecule has 0 fully saturated rings. The van der Waals surface area contributed by atoms with Crippen molar-refractivity contribution in [2.24, 2.45) is 0 Å². The monoisotopic (exact) mass is 188 g/mol. The van der Waals surface area contributed by atoms with Gasteiger partial charge in [0.05, 0.1) is 23.4 Å². The Kier molecular flexibility index (Phi) is 1.73. The normalized spacial score (nSPS) is 18.6. The smallest absolute Gasteiger partial charge is 0.132 e. The summed E-state index contributed by atoms with van der Waals surface area (Å²) in [6, 6.07) is 4.12. The predicted octanol–water partition coefficient (Wildman–Crippen LogP) is 1.17. The Hall–Kier alpha value is -1.85. The number of nitriles is 2. The van der Waals surface area contributed by atoms with Gasteiger partial charge in [-0.15, -0.1) is 0 Å². The first-order valence-electron chi connectivity index (χ1n) is 3.52. The van der Waals surface area contributed by atoms with Crippen molar-refractivity contribution in [3.63, 3.8) is 0 Å². The summed E-state index contributed by atoms with van der Waals surface area (Å²) in [6.45, 7) is 0. The minimum absolute atomic E-state index is 0.528. The van der Waals surface area contributed by atoms with E-state index < -0.39 is 0 Å². The molecule has 0 aromatic rings. The van der Waals surface area contributed by atoms with Crippen molar-refractivity contribution < 1.29 is 0 Å². The Labute approximate surface area is 79.7 Å². The predicted molar refractivity (Wildman–Crippen MR) is 48.0 cm³/mol. The lowest BCUT2D eigenvalue weighted by molar-refractivity contribution is 0.752. The zero-order valence-corrected chi connectivity index (χ0v) is 7.30. The molecule has 2 heterocycles. The molecule has 13 heavy (non-hydrogen) atoms. The van der Waals surface area contributed by atoms with Gasteiger partial charge in [-0.1, -0.05) is 0 Å². The summed E-state index contributed by atoms with van der Waals surface area (Å²) < 4.78 is 4.58. The molecule has 2 rings (SSSR count). The molecule has 0 amide bonds. The van der Waals surface area contributed by atoms with Crippen LogP contribution >= 0.6 is 12.1 Å². The molecule has 0 spiro atoms. The third-order valence-electron chi connectivity index (χ3n) is 1.70. The third-order valence-corrected chi connectivity index (χ3v) is 2.50. The summed E-state index contributed by atoms with van der Waals surface area (Å²) in [7, 11) is 0. The van der Waals surface area contributed by atoms with Gasteiger partial charge in [0.2, 0.25) is 0 Å². The van der Waals surface area contributed by atoms with E-state index in [1.807, 2.05) is 0 Å². The summed E-state index contributed by atoms with van der Waals surface area (Å²) >= 11 is 1.29. The Morgan fingerprint density at radius 1 is 1.31 bits per heavy atom. The van der Waals surface area contributed by atoms with Gasteiger partial charge < -0.3 is 4.72 Å². The van der Waals surface area contributed by atoms with Crippen LogP contribution in [0, 0.1) is 22.7 Å². The zero-order chi connectivity index (χ0) is 9.26. The third kappa shape index (κ3) is 1.07. The van der Waals surface area contributed by atoms with Gasteiger partial charge in [-0.05, 0) is 12.2 Å². The van der Waals surface area contributed by atoms with Crippen molar-refractivity contribution in [2.45, 2.75) is 0 Å². The number of rotatable bonds is 0. The lowest BCUT2D eigenvalue weighted by Crippen LogP contribution is -2.14. The highest BCUT2D eigenvalue weighted by molar-refractivity contribution is 7.95. The molecule has 0 bridgehead atoms. The van der Waals surface area contributed by atoms with Crippen LogP contribution in [0.4, 0.5) is 0 Å². The van der Waals surface area contributed by atoms with Gasteiger partial charge in [-0.3, -0.25) is 4.31 Å². The second-order valence-electron chi connectivity index (χ2n) is 2.39. The summed E-state index contributed by atoms with van der Waals surface area (Å²) in [5.41, 5.74) is 1.84. The van der Waals surface area contributed by atoms with E-state index in [4.69, 9.17) is 10.5 Å². The number of allylic oxidation sites excluding steroid dienone is 4. The zero-order valence-electron chi connectivity index (χ0n) is 6.48. The molecule has 4 nitrogen and oxygen atoms in total. The second-order valence-corrected chi connectivity index (χ2v) is 3.17. The van der Waals surface area contributed by atoms with Gasteiger partial charge >= 0.3 is 0 Å². The quantitative estimate of drug-likeness (QED) is 0.578. The van der Waals surface area contributed by atoms with Crippen LogP contribution < -0.4 is 4.72 Å². The first kappa shape index (κ1) is 7.78. The van der Waals surface area contributed by atoms with Gasteiger partial charge in [0.15, 0.2) is 0 Å². The lowest BCUT2D eigenvalue weighted by atomic mass is 10.1. The average Bonchev–Trinajstić information content (AvgIpc) is 2.64. The fraction of sp³-hybridized carbons (Fsp3) is 0. The van der Waals surface area contributed by atoms with E-state index in [2.05, 4.69) is 16.9 Å². The van der Waals surface area contributed by atoms with Gasteiger partial charge in [-0.25, -0.2) is 0 Å². The standard InChI is InChI=1S/C8H4N4S/c9-3-6-1-2-7(4-10)12-8(6)5-11-13-12/h1-2,5,11H. The average molecular weight is 188 g/mol. The number of hydrogen-bond acceptors (Lipinski definition) is 5. The molecule has 0 aromatic heterocycles. The molecule has 0 saturated heterocycles. The number of nitrogens with zero attached hydrogens (tertiary/aromatic N) is 3. The van der Waals surface area contributed by atoms with E-state index in [-0.39, 0.29) is 0 Å². The van der Waals surface area contributed by atoms with E-state index in [1.54, 1.807) is 22.7 Å². The van der Waals surface area contributed by atoms with Crippen LogP contribution in [0.2, 0.25) is 0 Å². The van der Waals surface area contributed by atoms with Crippen molar-refractivity contribution in [3.05, 3.63) is 35.3 Å². The Morgan fingerprint density at radius 3 is 2.85 bits per heavy atom. The van der Waals surface area contributed by atoms with Crippen LogP contribution in [0.5, 0.6) is 0 Å². The number of nitrogens with one attached hydrogen (secondary N) is 1. The highest BCUT2D eigenvalue weighted by Gasteiger charge is 2.25. The molecule has 0 saturated carbocycles. The highest BCUT2D eigenvalue weighted by atomic mass is 32.2. The highest BCUT2D eigenvalue weighted by Crippen LogP contribution is 2.33. The Balaban J connectivity index is 2.48. The molecule has 0 aliphatic carbocycles. The topological polar surface area (TPSA) is 62.9 Å². The minimum atomic E-state index is 0.528. The molecular weight excluding hydrogens is 184 g/mol. The first-order chi connectivity index (χ1) is 6.36. The molecule has 5 heteroatoms. The van der Waals surface area contributed by atoms with Gasteiger partial charge in [0, 0.05) is 6.20 Å². The molecule has 0 radical (unpaired) electrons. The fourth-order valence-corrected chi connectivity index (χ4v) is 1.82. The number of hydrogen-bond donors (Lipinski definition) is 1. The Bertz CT molecular complexity index is 418. The summed E-state index contributed by atoms with van der Waals surface area (Å²) in [4.78, 5) is 0. The maximum atomic E-state index is 8.76. The summed E-state index contributed by atoms with van der Waals surface area (Å²) in [5, 5.41) is 17.5. The van der Waals surface area contributed by atoms with Crippen LogP contribution in [0.25, 0.3) is 0 Å². The van der Waals surface area contributed by atoms with Crippen molar-refractivity contribution in [1.82, 2.24) is 9.03 Å². The Morgan fingerprint density at radius 2 is 2.15 bits per heavy atom. The lowest BCUT2D eigenvalue weighted by Gasteiger charge is -2.19. The van der Waals surface area contributed by atoms with Crippen LogP contribution in [0.3, 0.4) is 0 Å². The van der Waals surface area contributed by atoms with Gasteiger partial charge in [-0.2, -0.15) is 10.5 Å². The molecule has 0 unspecified atom stereocenters. The van der Waals surface area contributed by atoms with Gasteiger partial charge in [0.1, 0.15) is 17.8 Å². The minimum Gasteiger partial charge on any atom is -0.316 e. The molecule has 2 aliphatic rings. The maximum absolute atomic E-state index is 8.76. The maximum Gasteiger partial charge on any atom is 0.132 e. The van der Waals surface area contributed by atoms with E-state index in [0.29, 0.717) is 11.3 Å². The van der Waals surface area contributed by atoms with Crippen molar-refractivity contribution in [2.75, 3.05) is 0 Å². The molecule has 0 aromatic carbocycles. The van der Waals surface area contributed by atoms with Crippen molar-refractivity contribution in [1.29, 1.82) is 10.5 Å². The molecule has 2 aliphatic heterocycles. The van der Waals surface area contributed by atoms with E-state index >= 15 is 0 Å². The van der Waals surface area contributed by atoms with Crippen LogP contribution in [0.1, 0.15) is 0 Å². The van der Waals surface area contributed by atoms with Crippen LogP contribution in [-0.4, -0.2) is 4.31 Å². The van der Waals surface area contributed by atoms with E-state index in [1.165, 1.54) is 12.1 Å². The SMILES string of the molecule is N#CC1=CC=C(C#N)N2SNC=C12. The summed E-state index contributed by atoms with van der Waals surface area (Å²) in [5.74, 6) is 0.